The molecule has 7 heteroatoms. The first kappa shape index (κ1) is 20.0. The summed E-state index contributed by atoms with van der Waals surface area (Å²) in [5, 5.41) is 3.21. The minimum Gasteiger partial charge on any atom is -0.477 e. The molecule has 158 valence electrons. The lowest BCUT2D eigenvalue weighted by molar-refractivity contribution is -0.142. The third-order valence-electron chi connectivity index (χ3n) is 6.01. The summed E-state index contributed by atoms with van der Waals surface area (Å²) < 4.78 is 11.4. The summed E-state index contributed by atoms with van der Waals surface area (Å²) in [5.74, 6) is 0.649. The summed E-state index contributed by atoms with van der Waals surface area (Å²) in [4.78, 5) is 29.5. The number of anilines is 1. The summed E-state index contributed by atoms with van der Waals surface area (Å²) in [7, 11) is 0. The quantitative estimate of drug-likeness (QED) is 0.781. The Bertz CT molecular complexity index is 712. The topological polar surface area (TPSA) is 71.1 Å². The summed E-state index contributed by atoms with van der Waals surface area (Å²) in [6, 6.07) is 7.91. The van der Waals surface area contributed by atoms with Crippen molar-refractivity contribution in [1.82, 2.24) is 10.2 Å². The van der Waals surface area contributed by atoms with Gasteiger partial charge in [-0.15, -0.1) is 0 Å². The lowest BCUT2D eigenvalue weighted by Gasteiger charge is -2.38. The highest BCUT2D eigenvalue weighted by Crippen LogP contribution is 2.33. The van der Waals surface area contributed by atoms with Crippen LogP contribution in [-0.2, 0) is 14.3 Å². The maximum Gasteiger partial charge on any atom is 0.265 e. The standard InChI is InChI=1S/C22H31N3O4/c26-21(23-17-7-3-1-2-4-8-17)16-25-15-20(22(27)24-11-13-28-14-12-24)29-19-10-6-5-9-18(19)25/h5-6,9-10,17,20H,1-4,7-8,11-16H2,(H,23,26). The molecule has 2 heterocycles. The van der Waals surface area contributed by atoms with Crippen LogP contribution < -0.4 is 15.0 Å². The number of carbonyl (C=O) groups excluding carboxylic acids is 2. The van der Waals surface area contributed by atoms with Crippen molar-refractivity contribution in [3.63, 3.8) is 0 Å². The Morgan fingerprint density at radius 2 is 1.76 bits per heavy atom. The molecule has 2 amide bonds. The molecular weight excluding hydrogens is 370 g/mol. The van der Waals surface area contributed by atoms with Crippen molar-refractivity contribution in [2.75, 3.05) is 44.3 Å². The third kappa shape index (κ3) is 5.01. The molecule has 1 N–H and O–H groups in total. The van der Waals surface area contributed by atoms with E-state index in [1.54, 1.807) is 4.90 Å². The predicted molar refractivity (Wildman–Crippen MR) is 110 cm³/mol. The van der Waals surface area contributed by atoms with Gasteiger partial charge in [0.05, 0.1) is 32.0 Å². The molecule has 1 atom stereocenters. The number of rotatable bonds is 4. The molecule has 1 aliphatic carbocycles. The molecule has 0 bridgehead atoms. The third-order valence-corrected chi connectivity index (χ3v) is 6.01. The molecule has 2 fully saturated rings. The molecule has 1 aromatic carbocycles. The Kier molecular flexibility index (Phi) is 6.54. The van der Waals surface area contributed by atoms with Crippen molar-refractivity contribution in [2.45, 2.75) is 50.7 Å². The highest BCUT2D eigenvalue weighted by molar-refractivity contribution is 5.86. The van der Waals surface area contributed by atoms with Crippen LogP contribution in [0, 0.1) is 0 Å². The summed E-state index contributed by atoms with van der Waals surface area (Å²) in [6.45, 7) is 2.91. The number of hydrogen-bond acceptors (Lipinski definition) is 5. The van der Waals surface area contributed by atoms with Gasteiger partial charge < -0.3 is 24.6 Å². The molecule has 1 aromatic rings. The van der Waals surface area contributed by atoms with E-state index in [9.17, 15) is 9.59 Å². The van der Waals surface area contributed by atoms with E-state index in [1.807, 2.05) is 29.2 Å². The maximum absolute atomic E-state index is 13.0. The van der Waals surface area contributed by atoms with Gasteiger partial charge in [0, 0.05) is 19.1 Å². The van der Waals surface area contributed by atoms with Gasteiger partial charge in [-0.25, -0.2) is 0 Å². The largest absolute Gasteiger partial charge is 0.477 e. The number of fused-ring (bicyclic) bond motifs is 1. The van der Waals surface area contributed by atoms with Crippen LogP contribution in [-0.4, -0.2) is 68.3 Å². The van der Waals surface area contributed by atoms with E-state index in [0.717, 1.165) is 18.5 Å². The van der Waals surface area contributed by atoms with E-state index in [-0.39, 0.29) is 24.4 Å². The van der Waals surface area contributed by atoms with Crippen LogP contribution >= 0.6 is 0 Å². The summed E-state index contributed by atoms with van der Waals surface area (Å²) >= 11 is 0. The molecule has 7 nitrogen and oxygen atoms in total. The van der Waals surface area contributed by atoms with Gasteiger partial charge >= 0.3 is 0 Å². The minimum absolute atomic E-state index is 0.0196. The number of benzene rings is 1. The molecule has 29 heavy (non-hydrogen) atoms. The Morgan fingerprint density at radius 1 is 1.03 bits per heavy atom. The SMILES string of the molecule is O=C(CN1CC(C(=O)N2CCOCC2)Oc2ccccc21)NC1CCCCCC1. The second-order valence-corrected chi connectivity index (χ2v) is 8.15. The zero-order valence-corrected chi connectivity index (χ0v) is 17.0. The fraction of sp³-hybridized carbons (Fsp3) is 0.636. The van der Waals surface area contributed by atoms with Crippen molar-refractivity contribution in [1.29, 1.82) is 0 Å². The lowest BCUT2D eigenvalue weighted by atomic mass is 10.1. The van der Waals surface area contributed by atoms with Crippen LogP contribution in [0.25, 0.3) is 0 Å². The Hall–Kier alpha value is -2.28. The van der Waals surface area contributed by atoms with Gasteiger partial charge in [-0.1, -0.05) is 37.8 Å². The summed E-state index contributed by atoms with van der Waals surface area (Å²) in [6.07, 6.45) is 6.40. The van der Waals surface area contributed by atoms with E-state index < -0.39 is 6.10 Å². The fourth-order valence-electron chi connectivity index (χ4n) is 4.44. The zero-order valence-electron chi connectivity index (χ0n) is 17.0. The minimum atomic E-state index is -0.603. The molecular formula is C22H31N3O4. The van der Waals surface area contributed by atoms with Gasteiger partial charge in [-0.2, -0.15) is 0 Å². The van der Waals surface area contributed by atoms with Crippen molar-refractivity contribution in [3.05, 3.63) is 24.3 Å². The van der Waals surface area contributed by atoms with E-state index in [1.165, 1.54) is 25.7 Å². The molecule has 1 unspecified atom stereocenters. The highest BCUT2D eigenvalue weighted by atomic mass is 16.5. The Labute approximate surface area is 172 Å². The Balaban J connectivity index is 1.43. The van der Waals surface area contributed by atoms with E-state index in [2.05, 4.69) is 5.32 Å². The van der Waals surface area contributed by atoms with Crippen molar-refractivity contribution in [3.8, 4) is 5.75 Å². The van der Waals surface area contributed by atoms with Crippen molar-refractivity contribution in [2.24, 2.45) is 0 Å². The van der Waals surface area contributed by atoms with Crippen LogP contribution in [0.1, 0.15) is 38.5 Å². The molecule has 0 spiro atoms. The monoisotopic (exact) mass is 401 g/mol. The fourth-order valence-corrected chi connectivity index (χ4v) is 4.44. The first-order valence-electron chi connectivity index (χ1n) is 10.9. The Morgan fingerprint density at radius 3 is 2.52 bits per heavy atom. The molecule has 1 saturated heterocycles. The number of morpholine rings is 1. The number of amides is 2. The molecule has 3 aliphatic rings. The first-order chi connectivity index (χ1) is 14.2. The second-order valence-electron chi connectivity index (χ2n) is 8.15. The van der Waals surface area contributed by atoms with Gasteiger partial charge in [0.25, 0.3) is 5.91 Å². The van der Waals surface area contributed by atoms with Gasteiger partial charge in [0.1, 0.15) is 5.75 Å². The van der Waals surface area contributed by atoms with Gasteiger partial charge in [0.15, 0.2) is 6.10 Å². The highest BCUT2D eigenvalue weighted by Gasteiger charge is 2.34. The van der Waals surface area contributed by atoms with Crippen molar-refractivity contribution < 1.29 is 19.1 Å². The normalized spacial score (nSPS) is 23.0. The average molecular weight is 402 g/mol. The maximum atomic E-state index is 13.0. The number of nitrogens with zero attached hydrogens (tertiary/aromatic N) is 2. The summed E-state index contributed by atoms with van der Waals surface area (Å²) in [5.41, 5.74) is 0.870. The van der Waals surface area contributed by atoms with Gasteiger partial charge in [0.2, 0.25) is 5.91 Å². The molecule has 0 radical (unpaired) electrons. The molecule has 4 rings (SSSR count). The molecule has 0 aromatic heterocycles. The lowest BCUT2D eigenvalue weighted by Crippen LogP contribution is -2.54. The average Bonchev–Trinajstić information content (AvgIpc) is 3.02. The van der Waals surface area contributed by atoms with Crippen LogP contribution in [0.2, 0.25) is 0 Å². The number of nitrogens with one attached hydrogen (secondary N) is 1. The zero-order chi connectivity index (χ0) is 20.1. The molecule has 2 aliphatic heterocycles. The predicted octanol–water partition coefficient (Wildman–Crippen LogP) is 1.95. The smallest absolute Gasteiger partial charge is 0.265 e. The van der Waals surface area contributed by atoms with E-state index in [4.69, 9.17) is 9.47 Å². The van der Waals surface area contributed by atoms with Crippen LogP contribution in [0.3, 0.4) is 0 Å². The number of carbonyl (C=O) groups is 2. The first-order valence-corrected chi connectivity index (χ1v) is 10.9. The molecule has 1 saturated carbocycles. The van der Waals surface area contributed by atoms with Crippen LogP contribution in [0.15, 0.2) is 24.3 Å². The van der Waals surface area contributed by atoms with Crippen LogP contribution in [0.4, 0.5) is 5.69 Å². The number of ether oxygens (including phenoxy) is 2. The number of hydrogen-bond donors (Lipinski definition) is 1. The van der Waals surface area contributed by atoms with Gasteiger partial charge in [-0.3, -0.25) is 9.59 Å². The van der Waals surface area contributed by atoms with Crippen molar-refractivity contribution >= 4 is 17.5 Å². The second kappa shape index (κ2) is 9.48. The van der Waals surface area contributed by atoms with Gasteiger partial charge in [-0.05, 0) is 25.0 Å². The number of para-hydroxylation sites is 2. The van der Waals surface area contributed by atoms with E-state index >= 15 is 0 Å². The van der Waals surface area contributed by atoms with Crippen LogP contribution in [0.5, 0.6) is 5.75 Å². The van der Waals surface area contributed by atoms with E-state index in [0.29, 0.717) is 38.6 Å².